The lowest BCUT2D eigenvalue weighted by Gasteiger charge is -2.25. The van der Waals surface area contributed by atoms with Crippen molar-refractivity contribution in [1.29, 1.82) is 0 Å². The predicted octanol–water partition coefficient (Wildman–Crippen LogP) is 6.45. The van der Waals surface area contributed by atoms with Crippen molar-refractivity contribution in [2.75, 3.05) is 0 Å². The molecule has 29 heavy (non-hydrogen) atoms. The zero-order chi connectivity index (χ0) is 21.3. The highest BCUT2D eigenvalue weighted by Gasteiger charge is 2.28. The van der Waals surface area contributed by atoms with Crippen LogP contribution in [0, 0.1) is 0 Å². The van der Waals surface area contributed by atoms with E-state index < -0.39 is 5.91 Å². The van der Waals surface area contributed by atoms with Gasteiger partial charge in [0.05, 0.1) is 32.2 Å². The van der Waals surface area contributed by atoms with Crippen LogP contribution in [-0.2, 0) is 6.54 Å². The van der Waals surface area contributed by atoms with Crippen LogP contribution in [-0.4, -0.2) is 32.0 Å². The summed E-state index contributed by atoms with van der Waals surface area (Å²) in [5.41, 5.74) is 0.474. The minimum Gasteiger partial charge on any atom is -0.419 e. The zero-order valence-electron chi connectivity index (χ0n) is 15.1. The largest absolute Gasteiger partial charge is 0.419 e. The van der Waals surface area contributed by atoms with E-state index in [0.717, 1.165) is 0 Å². The van der Waals surface area contributed by atoms with Gasteiger partial charge in [-0.2, -0.15) is 0 Å². The van der Waals surface area contributed by atoms with Gasteiger partial charge in [-0.05, 0) is 26.0 Å². The third-order valence-electron chi connectivity index (χ3n) is 3.95. The molecule has 0 bridgehead atoms. The van der Waals surface area contributed by atoms with Gasteiger partial charge in [0.2, 0.25) is 11.8 Å². The molecule has 0 atom stereocenters. The molecule has 2 heterocycles. The molecule has 0 unspecified atom stereocenters. The van der Waals surface area contributed by atoms with E-state index in [1.54, 1.807) is 24.3 Å². The van der Waals surface area contributed by atoms with Gasteiger partial charge in [-0.3, -0.25) is 4.79 Å². The molecule has 152 valence electrons. The summed E-state index contributed by atoms with van der Waals surface area (Å²) in [6, 6.07) is 6.82. The molecule has 0 N–H and O–H groups in total. The molecule has 0 fully saturated rings. The normalized spacial score (nSPS) is 11.2. The number of aromatic nitrogens is 3. The standard InChI is InChI=1S/C18H13Cl5N4O2/c1-8(2)27(18(28)15-13(21)12(20)14(22)16(23)24-15)7-11-25-26-17(29-11)9-5-3-4-6-10(9)19/h3-6,8H,7H2,1-2H3. The Kier molecular flexibility index (Phi) is 6.91. The van der Waals surface area contributed by atoms with Gasteiger partial charge in [-0.15, -0.1) is 10.2 Å². The van der Waals surface area contributed by atoms with Crippen LogP contribution in [0.15, 0.2) is 28.7 Å². The van der Waals surface area contributed by atoms with Crippen LogP contribution in [0.2, 0.25) is 25.2 Å². The van der Waals surface area contributed by atoms with Crippen molar-refractivity contribution in [1.82, 2.24) is 20.1 Å². The van der Waals surface area contributed by atoms with Crippen LogP contribution in [0.5, 0.6) is 0 Å². The predicted molar refractivity (Wildman–Crippen MR) is 114 cm³/mol. The Bertz CT molecular complexity index is 1070. The van der Waals surface area contributed by atoms with Crippen molar-refractivity contribution in [2.45, 2.75) is 26.4 Å². The molecule has 1 aromatic carbocycles. The summed E-state index contributed by atoms with van der Waals surface area (Å²) in [5.74, 6) is -0.0531. The average Bonchev–Trinajstić information content (AvgIpc) is 3.15. The van der Waals surface area contributed by atoms with Gasteiger partial charge in [-0.25, -0.2) is 4.98 Å². The number of carbonyl (C=O) groups is 1. The molecule has 0 aliphatic carbocycles. The molecule has 6 nitrogen and oxygen atoms in total. The second-order valence-electron chi connectivity index (χ2n) is 6.20. The van der Waals surface area contributed by atoms with E-state index in [9.17, 15) is 4.79 Å². The lowest BCUT2D eigenvalue weighted by atomic mass is 10.2. The Morgan fingerprint density at radius 3 is 2.38 bits per heavy atom. The van der Waals surface area contributed by atoms with Crippen LogP contribution >= 0.6 is 58.0 Å². The van der Waals surface area contributed by atoms with Crippen molar-refractivity contribution >= 4 is 63.9 Å². The lowest BCUT2D eigenvalue weighted by molar-refractivity contribution is 0.0666. The highest BCUT2D eigenvalue weighted by atomic mass is 35.5. The first-order chi connectivity index (χ1) is 13.7. The minimum atomic E-state index is -0.511. The Labute approximate surface area is 191 Å². The molecule has 0 radical (unpaired) electrons. The van der Waals surface area contributed by atoms with Crippen molar-refractivity contribution in [3.05, 3.63) is 61.1 Å². The fourth-order valence-corrected chi connectivity index (χ4v) is 3.49. The van der Waals surface area contributed by atoms with Gasteiger partial charge in [0.1, 0.15) is 10.8 Å². The smallest absolute Gasteiger partial charge is 0.274 e. The fraction of sp³-hybridized carbons (Fsp3) is 0.222. The molecule has 0 aliphatic heterocycles. The Morgan fingerprint density at radius 2 is 1.72 bits per heavy atom. The van der Waals surface area contributed by atoms with Gasteiger partial charge in [-0.1, -0.05) is 70.1 Å². The number of nitrogens with zero attached hydrogens (tertiary/aromatic N) is 4. The van der Waals surface area contributed by atoms with Gasteiger partial charge >= 0.3 is 0 Å². The highest BCUT2D eigenvalue weighted by molar-refractivity contribution is 6.52. The summed E-state index contributed by atoms with van der Waals surface area (Å²) in [6.07, 6.45) is 0. The number of hydrogen-bond donors (Lipinski definition) is 0. The number of halogens is 5. The third kappa shape index (κ3) is 4.62. The molecular formula is C18H13Cl5N4O2. The van der Waals surface area contributed by atoms with Crippen molar-refractivity contribution < 1.29 is 9.21 Å². The topological polar surface area (TPSA) is 72.1 Å². The molecule has 3 aromatic rings. The second kappa shape index (κ2) is 9.06. The van der Waals surface area contributed by atoms with Gasteiger partial charge in [0, 0.05) is 6.04 Å². The summed E-state index contributed by atoms with van der Waals surface area (Å²) in [5, 5.41) is 8.22. The summed E-state index contributed by atoms with van der Waals surface area (Å²) >= 11 is 30.3. The number of amides is 1. The van der Waals surface area contributed by atoms with Crippen molar-refractivity contribution in [3.63, 3.8) is 0 Å². The van der Waals surface area contributed by atoms with E-state index >= 15 is 0 Å². The van der Waals surface area contributed by atoms with Crippen molar-refractivity contribution in [2.24, 2.45) is 0 Å². The number of pyridine rings is 1. The fourth-order valence-electron chi connectivity index (χ4n) is 2.46. The maximum absolute atomic E-state index is 13.1. The van der Waals surface area contributed by atoms with E-state index in [1.165, 1.54) is 4.90 Å². The monoisotopic (exact) mass is 492 g/mol. The summed E-state index contributed by atoms with van der Waals surface area (Å²) in [4.78, 5) is 18.5. The Hall–Kier alpha value is -1.57. The maximum Gasteiger partial charge on any atom is 0.274 e. The van der Waals surface area contributed by atoms with Gasteiger partial charge < -0.3 is 9.32 Å². The third-order valence-corrected chi connectivity index (χ3v) is 5.96. The van der Waals surface area contributed by atoms with Crippen LogP contribution in [0.1, 0.15) is 30.2 Å². The molecule has 0 spiro atoms. The molecule has 1 amide bonds. The highest BCUT2D eigenvalue weighted by Crippen LogP contribution is 2.37. The first-order valence-corrected chi connectivity index (χ1v) is 10.2. The molecule has 11 heteroatoms. The van der Waals surface area contributed by atoms with Crippen LogP contribution in [0.3, 0.4) is 0 Å². The maximum atomic E-state index is 13.1. The van der Waals surface area contributed by atoms with E-state index in [2.05, 4.69) is 15.2 Å². The number of carbonyl (C=O) groups excluding carboxylic acids is 1. The molecular weight excluding hydrogens is 481 g/mol. The van der Waals surface area contributed by atoms with E-state index in [1.807, 2.05) is 13.8 Å². The molecule has 0 aliphatic rings. The number of benzene rings is 1. The van der Waals surface area contributed by atoms with Crippen LogP contribution < -0.4 is 0 Å². The Morgan fingerprint density at radius 1 is 1.03 bits per heavy atom. The Balaban J connectivity index is 1.91. The number of rotatable bonds is 5. The summed E-state index contributed by atoms with van der Waals surface area (Å²) in [7, 11) is 0. The SMILES string of the molecule is CC(C)N(Cc1nnc(-c2ccccc2Cl)o1)C(=O)c1nc(Cl)c(Cl)c(Cl)c1Cl. The second-order valence-corrected chi connectivity index (χ2v) is 8.10. The first-order valence-electron chi connectivity index (χ1n) is 8.29. The van der Waals surface area contributed by atoms with Gasteiger partial charge in [0.15, 0.2) is 0 Å². The lowest BCUT2D eigenvalue weighted by Crippen LogP contribution is -2.37. The molecule has 0 saturated heterocycles. The van der Waals surface area contributed by atoms with Crippen LogP contribution in [0.25, 0.3) is 11.5 Å². The number of hydrogen-bond acceptors (Lipinski definition) is 5. The molecule has 0 saturated carbocycles. The summed E-state index contributed by atoms with van der Waals surface area (Å²) < 4.78 is 5.69. The summed E-state index contributed by atoms with van der Waals surface area (Å²) in [6.45, 7) is 3.65. The minimum absolute atomic E-state index is 0.0177. The first kappa shape index (κ1) is 22.1. The quantitative estimate of drug-likeness (QED) is 0.381. The van der Waals surface area contributed by atoms with Gasteiger partial charge in [0.25, 0.3) is 5.91 Å². The molecule has 2 aromatic heterocycles. The zero-order valence-corrected chi connectivity index (χ0v) is 18.9. The van der Waals surface area contributed by atoms with Crippen molar-refractivity contribution in [3.8, 4) is 11.5 Å². The van der Waals surface area contributed by atoms with E-state index in [4.69, 9.17) is 62.4 Å². The van der Waals surface area contributed by atoms with E-state index in [-0.39, 0.29) is 50.3 Å². The van der Waals surface area contributed by atoms with E-state index in [0.29, 0.717) is 10.6 Å². The molecule has 3 rings (SSSR count). The van der Waals surface area contributed by atoms with Crippen LogP contribution in [0.4, 0.5) is 0 Å². The average molecular weight is 495 g/mol.